The number of carbonyl (C=O) groups is 2. The molecule has 0 aliphatic carbocycles. The molecule has 152 valence electrons. The predicted molar refractivity (Wildman–Crippen MR) is 107 cm³/mol. The number of anilines is 2. The Kier molecular flexibility index (Phi) is 5.88. The van der Waals surface area contributed by atoms with Crippen LogP contribution in [-0.2, 0) is 0 Å². The van der Waals surface area contributed by atoms with Gasteiger partial charge in [0.1, 0.15) is 5.69 Å². The van der Waals surface area contributed by atoms with Crippen molar-refractivity contribution in [3.8, 4) is 5.75 Å². The fraction of sp³-hybridized carbons (Fsp3) is 0.263. The molecular weight excluding hydrogens is 402 g/mol. The van der Waals surface area contributed by atoms with Crippen LogP contribution in [0.3, 0.4) is 0 Å². The number of carboxylic acid groups (broad SMARTS) is 1. The third-order valence-corrected chi connectivity index (χ3v) is 4.90. The van der Waals surface area contributed by atoms with Gasteiger partial charge >= 0.3 is 5.97 Å². The van der Waals surface area contributed by atoms with Crippen molar-refractivity contribution in [1.29, 1.82) is 0 Å². The van der Waals surface area contributed by atoms with E-state index in [0.717, 1.165) is 25.9 Å². The fourth-order valence-electron chi connectivity index (χ4n) is 3.25. The number of carboxylic acids is 1. The number of methoxy groups -OCH3 is 1. The Bertz CT molecular complexity index is 988. The summed E-state index contributed by atoms with van der Waals surface area (Å²) in [4.78, 5) is 36.9. The van der Waals surface area contributed by atoms with Crippen LogP contribution in [0.15, 0.2) is 30.3 Å². The zero-order valence-corrected chi connectivity index (χ0v) is 16.2. The van der Waals surface area contributed by atoms with Gasteiger partial charge in [0.25, 0.3) is 11.6 Å². The Morgan fingerprint density at radius 3 is 2.48 bits per heavy atom. The summed E-state index contributed by atoms with van der Waals surface area (Å²) < 4.78 is 5.14. The van der Waals surface area contributed by atoms with Gasteiger partial charge in [-0.15, -0.1) is 0 Å². The summed E-state index contributed by atoms with van der Waals surface area (Å²) in [6.07, 6.45) is 1.92. The first-order chi connectivity index (χ1) is 13.8. The highest BCUT2D eigenvalue weighted by atomic mass is 35.5. The molecule has 2 aromatic carbocycles. The van der Waals surface area contributed by atoms with Crippen LogP contribution in [0.5, 0.6) is 5.75 Å². The number of nitro groups is 1. The lowest BCUT2D eigenvalue weighted by Gasteiger charge is -2.18. The minimum absolute atomic E-state index is 0.0121. The molecule has 1 fully saturated rings. The van der Waals surface area contributed by atoms with Crippen LogP contribution in [0.25, 0.3) is 0 Å². The molecule has 10 heteroatoms. The maximum Gasteiger partial charge on any atom is 0.335 e. The molecule has 2 N–H and O–H groups in total. The van der Waals surface area contributed by atoms with Crippen molar-refractivity contribution in [1.82, 2.24) is 0 Å². The molecule has 1 saturated heterocycles. The molecule has 1 aliphatic heterocycles. The van der Waals surface area contributed by atoms with E-state index in [9.17, 15) is 24.8 Å². The van der Waals surface area contributed by atoms with E-state index < -0.39 is 16.8 Å². The Hall–Kier alpha value is -3.33. The van der Waals surface area contributed by atoms with Gasteiger partial charge in [-0.25, -0.2) is 4.79 Å². The second-order valence-corrected chi connectivity index (χ2v) is 6.86. The number of ether oxygens (including phenoxy) is 1. The van der Waals surface area contributed by atoms with Crippen LogP contribution in [0.1, 0.15) is 33.6 Å². The summed E-state index contributed by atoms with van der Waals surface area (Å²) in [7, 11) is 1.33. The molecule has 0 aromatic heterocycles. The lowest BCUT2D eigenvalue weighted by atomic mass is 10.1. The third-order valence-electron chi connectivity index (χ3n) is 4.62. The van der Waals surface area contributed by atoms with Gasteiger partial charge in [0, 0.05) is 24.7 Å². The highest BCUT2D eigenvalue weighted by Crippen LogP contribution is 2.36. The summed E-state index contributed by atoms with van der Waals surface area (Å²) in [5.74, 6) is -1.79. The number of nitrogens with zero attached hydrogens (tertiary/aromatic N) is 2. The van der Waals surface area contributed by atoms with Gasteiger partial charge < -0.3 is 20.1 Å². The van der Waals surface area contributed by atoms with Crippen LogP contribution < -0.4 is 15.0 Å². The molecular formula is C19H18ClN3O6. The quantitative estimate of drug-likeness (QED) is 0.539. The molecule has 9 nitrogen and oxygen atoms in total. The van der Waals surface area contributed by atoms with Gasteiger partial charge in [0.05, 0.1) is 28.3 Å². The maximum atomic E-state index is 12.7. The van der Waals surface area contributed by atoms with Crippen molar-refractivity contribution in [2.24, 2.45) is 0 Å². The molecule has 2 aromatic rings. The molecule has 0 atom stereocenters. The first kappa shape index (κ1) is 20.4. The van der Waals surface area contributed by atoms with Gasteiger partial charge in [-0.3, -0.25) is 14.9 Å². The summed E-state index contributed by atoms with van der Waals surface area (Å²) in [6, 6.07) is 6.66. The van der Waals surface area contributed by atoms with E-state index in [1.54, 1.807) is 6.07 Å². The second-order valence-electron chi connectivity index (χ2n) is 6.45. The van der Waals surface area contributed by atoms with Crippen LogP contribution in [-0.4, -0.2) is 42.1 Å². The fourth-order valence-corrected chi connectivity index (χ4v) is 3.54. The number of hydrogen-bond donors (Lipinski definition) is 2. The first-order valence-electron chi connectivity index (χ1n) is 8.77. The number of rotatable bonds is 6. The Labute approximate surface area is 171 Å². The number of amides is 1. The van der Waals surface area contributed by atoms with E-state index >= 15 is 0 Å². The van der Waals surface area contributed by atoms with Crippen molar-refractivity contribution in [3.63, 3.8) is 0 Å². The largest absolute Gasteiger partial charge is 0.493 e. The Morgan fingerprint density at radius 1 is 1.21 bits per heavy atom. The van der Waals surface area contributed by atoms with Gasteiger partial charge in [-0.1, -0.05) is 11.6 Å². The smallest absolute Gasteiger partial charge is 0.335 e. The van der Waals surface area contributed by atoms with E-state index in [1.165, 1.54) is 31.4 Å². The van der Waals surface area contributed by atoms with Crippen molar-refractivity contribution < 1.29 is 24.4 Å². The Morgan fingerprint density at radius 2 is 1.90 bits per heavy atom. The molecule has 0 saturated carbocycles. The molecule has 1 heterocycles. The summed E-state index contributed by atoms with van der Waals surface area (Å²) in [5, 5.41) is 23.2. The standard InChI is InChI=1S/C19H18ClN3O6/c1-29-17-13(20)8-12(19(25)26)9-14(17)21-18(24)11-4-5-15(16(10-11)23(27)28)22-6-2-3-7-22/h4-5,8-10H,2-3,6-7H2,1H3,(H,21,24)(H,25,26). The number of nitrogens with one attached hydrogen (secondary N) is 1. The summed E-state index contributed by atoms with van der Waals surface area (Å²) in [5.41, 5.74) is 0.273. The van der Waals surface area contributed by atoms with Gasteiger partial charge in [-0.05, 0) is 37.1 Å². The number of halogens is 1. The van der Waals surface area contributed by atoms with E-state index in [2.05, 4.69) is 5.32 Å². The van der Waals surface area contributed by atoms with Gasteiger partial charge in [-0.2, -0.15) is 0 Å². The minimum atomic E-state index is -1.23. The Balaban J connectivity index is 1.94. The number of hydrogen-bond acceptors (Lipinski definition) is 6. The number of aromatic carboxylic acids is 1. The van der Waals surface area contributed by atoms with E-state index in [-0.39, 0.29) is 33.3 Å². The molecule has 29 heavy (non-hydrogen) atoms. The van der Waals surface area contributed by atoms with Crippen LogP contribution >= 0.6 is 11.6 Å². The zero-order chi connectivity index (χ0) is 21.1. The normalized spacial score (nSPS) is 13.2. The van der Waals surface area contributed by atoms with Crippen LogP contribution in [0.4, 0.5) is 17.1 Å². The maximum absolute atomic E-state index is 12.7. The molecule has 0 unspecified atom stereocenters. The third kappa shape index (κ3) is 4.24. The molecule has 0 spiro atoms. The highest BCUT2D eigenvalue weighted by Gasteiger charge is 2.24. The number of benzene rings is 2. The van der Waals surface area contributed by atoms with Crippen molar-refractivity contribution in [2.45, 2.75) is 12.8 Å². The predicted octanol–water partition coefficient (Wildman–Crippen LogP) is 3.81. The molecule has 3 rings (SSSR count). The van der Waals surface area contributed by atoms with Gasteiger partial charge in [0.2, 0.25) is 0 Å². The average Bonchev–Trinajstić information content (AvgIpc) is 3.21. The average molecular weight is 420 g/mol. The molecule has 1 aliphatic rings. The number of carbonyl (C=O) groups excluding carboxylic acids is 1. The lowest BCUT2D eigenvalue weighted by molar-refractivity contribution is -0.384. The molecule has 0 radical (unpaired) electrons. The topological polar surface area (TPSA) is 122 Å². The van der Waals surface area contributed by atoms with E-state index in [1.807, 2.05) is 4.90 Å². The van der Waals surface area contributed by atoms with Crippen molar-refractivity contribution in [2.75, 3.05) is 30.4 Å². The zero-order valence-electron chi connectivity index (χ0n) is 15.5. The summed E-state index contributed by atoms with van der Waals surface area (Å²) >= 11 is 6.03. The van der Waals surface area contributed by atoms with Crippen LogP contribution in [0, 0.1) is 10.1 Å². The first-order valence-corrected chi connectivity index (χ1v) is 9.15. The summed E-state index contributed by atoms with van der Waals surface area (Å²) in [6.45, 7) is 1.45. The molecule has 0 bridgehead atoms. The van der Waals surface area contributed by atoms with E-state index in [4.69, 9.17) is 16.3 Å². The van der Waals surface area contributed by atoms with Crippen molar-refractivity contribution in [3.05, 3.63) is 56.6 Å². The monoisotopic (exact) mass is 419 g/mol. The van der Waals surface area contributed by atoms with Crippen molar-refractivity contribution >= 4 is 40.5 Å². The minimum Gasteiger partial charge on any atom is -0.493 e. The SMILES string of the molecule is COc1c(Cl)cc(C(=O)O)cc1NC(=O)c1ccc(N2CCCC2)c([N+](=O)[O-])c1. The molecule has 1 amide bonds. The second kappa shape index (κ2) is 8.36. The van der Waals surface area contributed by atoms with Gasteiger partial charge in [0.15, 0.2) is 5.75 Å². The number of nitro benzene ring substituents is 1. The lowest BCUT2D eigenvalue weighted by Crippen LogP contribution is -2.20. The van der Waals surface area contributed by atoms with E-state index in [0.29, 0.717) is 5.69 Å². The van der Waals surface area contributed by atoms with Crippen LogP contribution in [0.2, 0.25) is 5.02 Å². The highest BCUT2D eigenvalue weighted by molar-refractivity contribution is 6.33.